The van der Waals surface area contributed by atoms with E-state index in [0.717, 1.165) is 56.9 Å². The van der Waals surface area contributed by atoms with Crippen LogP contribution in [0.15, 0.2) is 78.9 Å². The highest BCUT2D eigenvalue weighted by molar-refractivity contribution is 6.06. The Morgan fingerprint density at radius 1 is 0.882 bits per heavy atom. The van der Waals surface area contributed by atoms with Crippen LogP contribution in [0.5, 0.6) is 0 Å². The molecule has 0 radical (unpaired) electrons. The third-order valence-corrected chi connectivity index (χ3v) is 6.74. The van der Waals surface area contributed by atoms with Gasteiger partial charge in [-0.3, -0.25) is 14.5 Å². The molecule has 2 aliphatic rings. The minimum Gasteiger partial charge on any atom is -0.325 e. The van der Waals surface area contributed by atoms with Crippen molar-refractivity contribution in [2.75, 3.05) is 43.4 Å². The maximum absolute atomic E-state index is 12.7. The Morgan fingerprint density at radius 2 is 1.56 bits per heavy atom. The van der Waals surface area contributed by atoms with Gasteiger partial charge in [-0.1, -0.05) is 48.5 Å². The van der Waals surface area contributed by atoms with Crippen LogP contribution in [0.3, 0.4) is 0 Å². The van der Waals surface area contributed by atoms with E-state index in [1.54, 1.807) is 12.1 Å². The summed E-state index contributed by atoms with van der Waals surface area (Å²) in [7, 11) is 0. The molecule has 2 amide bonds. The fourth-order valence-electron chi connectivity index (χ4n) is 4.81. The van der Waals surface area contributed by atoms with Gasteiger partial charge in [0.2, 0.25) is 5.91 Å². The first-order valence-corrected chi connectivity index (χ1v) is 12.0. The van der Waals surface area contributed by atoms with Gasteiger partial charge in [0.15, 0.2) is 0 Å². The number of nitrogens with zero attached hydrogens (tertiary/aromatic N) is 2. The molecule has 1 saturated heterocycles. The summed E-state index contributed by atoms with van der Waals surface area (Å²) < 4.78 is 0. The number of nitrogens with one attached hydrogen (secondary N) is 2. The molecule has 1 fully saturated rings. The van der Waals surface area contributed by atoms with Gasteiger partial charge in [-0.2, -0.15) is 0 Å². The van der Waals surface area contributed by atoms with Gasteiger partial charge < -0.3 is 15.5 Å². The summed E-state index contributed by atoms with van der Waals surface area (Å²) in [6.07, 6.45) is 0.771. The lowest BCUT2D eigenvalue weighted by Crippen LogP contribution is -2.46. The van der Waals surface area contributed by atoms with Crippen molar-refractivity contribution in [1.82, 2.24) is 9.80 Å². The first kappa shape index (κ1) is 22.3. The van der Waals surface area contributed by atoms with Crippen LogP contribution in [0.4, 0.5) is 11.4 Å². The molecular weight excluding hydrogens is 424 g/mol. The number of carbonyl (C=O) groups is 2. The molecular formula is C28H30N4O2. The van der Waals surface area contributed by atoms with Crippen LogP contribution in [-0.4, -0.2) is 54.3 Å². The van der Waals surface area contributed by atoms with Crippen LogP contribution < -0.4 is 10.6 Å². The third-order valence-electron chi connectivity index (χ3n) is 6.74. The summed E-state index contributed by atoms with van der Waals surface area (Å²) in [5, 5.41) is 5.96. The number of rotatable bonds is 7. The van der Waals surface area contributed by atoms with Gasteiger partial charge in [0.05, 0.1) is 5.92 Å². The van der Waals surface area contributed by atoms with Gasteiger partial charge in [-0.15, -0.1) is 0 Å². The smallest absolute Gasteiger partial charge is 0.255 e. The van der Waals surface area contributed by atoms with Crippen molar-refractivity contribution >= 4 is 23.2 Å². The Bertz CT molecular complexity index is 1140. The molecule has 0 aromatic heterocycles. The average Bonchev–Trinajstić information content (AvgIpc) is 3.19. The van der Waals surface area contributed by atoms with E-state index >= 15 is 0 Å². The van der Waals surface area contributed by atoms with E-state index in [1.165, 1.54) is 5.56 Å². The molecule has 3 aromatic carbocycles. The number of piperazine rings is 1. The standard InChI is InChI=1S/C28H30N4O2/c33-27(22-9-5-2-6-10-22)29-23-11-12-26-25(19-23)24(28(34)30-26)13-14-31-15-17-32(18-16-31)20-21-7-3-1-4-8-21/h1-12,19,24H,13-18,20H2,(H,29,33)(H,30,34). The number of anilines is 2. The predicted molar refractivity (Wildman–Crippen MR) is 135 cm³/mol. The zero-order chi connectivity index (χ0) is 23.3. The lowest BCUT2D eigenvalue weighted by atomic mass is 9.96. The number of amides is 2. The van der Waals surface area contributed by atoms with Gasteiger partial charge in [0, 0.05) is 49.7 Å². The van der Waals surface area contributed by atoms with Crippen molar-refractivity contribution in [3.05, 3.63) is 95.6 Å². The second kappa shape index (κ2) is 10.2. The number of hydrogen-bond acceptors (Lipinski definition) is 4. The van der Waals surface area contributed by atoms with Gasteiger partial charge in [0.25, 0.3) is 5.91 Å². The molecule has 6 heteroatoms. The monoisotopic (exact) mass is 454 g/mol. The number of carbonyl (C=O) groups excluding carboxylic acids is 2. The van der Waals surface area contributed by atoms with E-state index < -0.39 is 0 Å². The van der Waals surface area contributed by atoms with Gasteiger partial charge in [-0.25, -0.2) is 0 Å². The molecule has 34 heavy (non-hydrogen) atoms. The number of benzene rings is 3. The van der Waals surface area contributed by atoms with Crippen molar-refractivity contribution in [1.29, 1.82) is 0 Å². The Hall–Kier alpha value is -3.48. The fraction of sp³-hybridized carbons (Fsp3) is 0.286. The molecule has 0 bridgehead atoms. The average molecular weight is 455 g/mol. The molecule has 6 nitrogen and oxygen atoms in total. The van der Waals surface area contributed by atoms with E-state index in [0.29, 0.717) is 11.3 Å². The van der Waals surface area contributed by atoms with Gasteiger partial charge >= 0.3 is 0 Å². The minimum absolute atomic E-state index is 0.0456. The van der Waals surface area contributed by atoms with Crippen molar-refractivity contribution in [2.24, 2.45) is 0 Å². The molecule has 2 aliphatic heterocycles. The topological polar surface area (TPSA) is 64.7 Å². The first-order chi connectivity index (χ1) is 16.7. The van der Waals surface area contributed by atoms with Crippen molar-refractivity contribution in [3.63, 3.8) is 0 Å². The molecule has 0 spiro atoms. The zero-order valence-corrected chi connectivity index (χ0v) is 19.2. The summed E-state index contributed by atoms with van der Waals surface area (Å²) >= 11 is 0. The van der Waals surface area contributed by atoms with Crippen molar-refractivity contribution in [3.8, 4) is 0 Å². The summed E-state index contributed by atoms with van der Waals surface area (Å²) in [5.41, 5.74) is 4.49. The maximum Gasteiger partial charge on any atom is 0.255 e. The third kappa shape index (κ3) is 5.19. The van der Waals surface area contributed by atoms with Crippen molar-refractivity contribution in [2.45, 2.75) is 18.9 Å². The van der Waals surface area contributed by atoms with E-state index in [-0.39, 0.29) is 17.7 Å². The minimum atomic E-state index is -0.189. The highest BCUT2D eigenvalue weighted by atomic mass is 16.2. The Balaban J connectivity index is 1.16. The van der Waals surface area contributed by atoms with E-state index in [9.17, 15) is 9.59 Å². The van der Waals surface area contributed by atoms with E-state index in [2.05, 4.69) is 50.8 Å². The molecule has 1 atom stereocenters. The molecule has 2 N–H and O–H groups in total. The first-order valence-electron chi connectivity index (χ1n) is 12.0. The summed E-state index contributed by atoms with van der Waals surface area (Å²) in [4.78, 5) is 30.2. The van der Waals surface area contributed by atoms with Gasteiger partial charge in [0.1, 0.15) is 0 Å². The number of fused-ring (bicyclic) bond motifs is 1. The second-order valence-electron chi connectivity index (χ2n) is 9.06. The van der Waals surface area contributed by atoms with Crippen LogP contribution >= 0.6 is 0 Å². The zero-order valence-electron chi connectivity index (χ0n) is 19.2. The van der Waals surface area contributed by atoms with Crippen LogP contribution in [0.1, 0.15) is 33.8 Å². The lowest BCUT2D eigenvalue weighted by molar-refractivity contribution is -0.117. The normalized spacial score (nSPS) is 18.4. The summed E-state index contributed by atoms with van der Waals surface area (Å²) in [6, 6.07) is 25.4. The largest absolute Gasteiger partial charge is 0.325 e. The molecule has 1 unspecified atom stereocenters. The Kier molecular flexibility index (Phi) is 6.70. The SMILES string of the molecule is O=C(Nc1ccc2c(c1)C(CCN1CCN(Cc3ccccc3)CC1)C(=O)N2)c1ccccc1. The summed E-state index contributed by atoms with van der Waals surface area (Å²) in [6.45, 7) is 5.99. The molecule has 174 valence electrons. The molecule has 5 rings (SSSR count). The molecule has 3 aromatic rings. The highest BCUT2D eigenvalue weighted by Crippen LogP contribution is 2.36. The predicted octanol–water partition coefficient (Wildman–Crippen LogP) is 4.18. The fourth-order valence-corrected chi connectivity index (χ4v) is 4.81. The van der Waals surface area contributed by atoms with Crippen LogP contribution in [-0.2, 0) is 11.3 Å². The van der Waals surface area contributed by atoms with Gasteiger partial charge in [-0.05, 0) is 54.4 Å². The van der Waals surface area contributed by atoms with E-state index in [4.69, 9.17) is 0 Å². The van der Waals surface area contributed by atoms with Crippen LogP contribution in [0.25, 0.3) is 0 Å². The highest BCUT2D eigenvalue weighted by Gasteiger charge is 2.31. The lowest BCUT2D eigenvalue weighted by Gasteiger charge is -2.35. The Morgan fingerprint density at radius 3 is 2.29 bits per heavy atom. The van der Waals surface area contributed by atoms with Crippen LogP contribution in [0, 0.1) is 0 Å². The second-order valence-corrected chi connectivity index (χ2v) is 9.06. The molecule has 0 aliphatic carbocycles. The molecule has 2 heterocycles. The van der Waals surface area contributed by atoms with Crippen molar-refractivity contribution < 1.29 is 9.59 Å². The van der Waals surface area contributed by atoms with Crippen LogP contribution in [0.2, 0.25) is 0 Å². The van der Waals surface area contributed by atoms with E-state index in [1.807, 2.05) is 36.4 Å². The Labute approximate surface area is 200 Å². The maximum atomic E-state index is 12.7. The molecule has 0 saturated carbocycles. The summed E-state index contributed by atoms with van der Waals surface area (Å²) in [5.74, 6) is -0.294. The number of hydrogen-bond donors (Lipinski definition) is 2. The quantitative estimate of drug-likeness (QED) is 0.562.